The lowest BCUT2D eigenvalue weighted by atomic mass is 10.0. The Morgan fingerprint density at radius 1 is 1.22 bits per heavy atom. The number of hydrogen-bond acceptors (Lipinski definition) is 3. The number of quaternary nitrogens is 1. The first-order valence-electron chi connectivity index (χ1n) is 11.4. The van der Waals surface area contributed by atoms with E-state index < -0.39 is 0 Å². The molecule has 32 heavy (non-hydrogen) atoms. The summed E-state index contributed by atoms with van der Waals surface area (Å²) in [6, 6.07) is 13.9. The number of hydrazone groups is 1. The molecule has 0 saturated heterocycles. The lowest BCUT2D eigenvalue weighted by Gasteiger charge is -2.25. The van der Waals surface area contributed by atoms with Crippen molar-refractivity contribution < 1.29 is 9.80 Å². The topological polar surface area (TPSA) is 49.1 Å². The summed E-state index contributed by atoms with van der Waals surface area (Å²) in [4.78, 5) is 12.9. The average molecular weight is 523 g/mol. The van der Waals surface area contributed by atoms with Crippen molar-refractivity contribution in [2.75, 3.05) is 18.6 Å². The van der Waals surface area contributed by atoms with Gasteiger partial charge in [-0.3, -0.25) is 9.80 Å². The Hall–Kier alpha value is -1.89. The van der Waals surface area contributed by atoms with Crippen LogP contribution in [0.4, 0.5) is 5.69 Å². The molecule has 2 aromatic rings. The summed E-state index contributed by atoms with van der Waals surface area (Å²) in [5.41, 5.74) is 6.69. The standard InChI is InChI=1S/C23H28BrClN4O.C2H6/c1-4-5-6-13-28(3)27-23(30)20-15-22(17-7-9-18(24)10-8-17)29(26-20)21-12-11-19(25)14-16(21)2;1-2/h7-12,14,22H,4-6,13,15H2,1-3H3,(H,27,30);1-2H3/p+1. The Kier molecular flexibility index (Phi) is 10.7. The minimum Gasteiger partial charge on any atom is -0.263 e. The highest BCUT2D eigenvalue weighted by atomic mass is 79.9. The number of rotatable bonds is 8. The maximum absolute atomic E-state index is 12.9. The molecule has 1 heterocycles. The van der Waals surface area contributed by atoms with E-state index >= 15 is 0 Å². The van der Waals surface area contributed by atoms with E-state index in [1.807, 2.05) is 63.2 Å². The summed E-state index contributed by atoms with van der Waals surface area (Å²) in [5, 5.41) is 8.39. The third kappa shape index (κ3) is 7.06. The molecule has 0 aromatic heterocycles. The van der Waals surface area contributed by atoms with Gasteiger partial charge in [-0.25, -0.2) is 5.01 Å². The van der Waals surface area contributed by atoms with E-state index in [0.717, 1.165) is 45.7 Å². The van der Waals surface area contributed by atoms with Gasteiger partial charge in [0.2, 0.25) is 0 Å². The highest BCUT2D eigenvalue weighted by Crippen LogP contribution is 2.37. The summed E-state index contributed by atoms with van der Waals surface area (Å²) >= 11 is 9.65. The van der Waals surface area contributed by atoms with Crippen molar-refractivity contribution in [3.05, 3.63) is 63.1 Å². The minimum absolute atomic E-state index is 0.0425. The molecule has 7 heteroatoms. The Bertz CT molecular complexity index is 917. The fourth-order valence-corrected chi connectivity index (χ4v) is 4.15. The number of nitrogens with zero attached hydrogens (tertiary/aromatic N) is 2. The van der Waals surface area contributed by atoms with E-state index in [1.165, 1.54) is 6.42 Å². The molecule has 0 bridgehead atoms. The zero-order valence-electron chi connectivity index (χ0n) is 19.7. The zero-order chi connectivity index (χ0) is 23.7. The first-order valence-corrected chi connectivity index (χ1v) is 12.6. The summed E-state index contributed by atoms with van der Waals surface area (Å²) in [6.07, 6.45) is 3.98. The van der Waals surface area contributed by atoms with Gasteiger partial charge in [0.1, 0.15) is 5.71 Å². The lowest BCUT2D eigenvalue weighted by Crippen LogP contribution is -3.16. The number of hydrogen-bond donors (Lipinski definition) is 2. The first kappa shape index (κ1) is 26.4. The predicted octanol–water partition coefficient (Wildman–Crippen LogP) is 5.48. The van der Waals surface area contributed by atoms with Crippen LogP contribution in [0.15, 0.2) is 52.0 Å². The smallest absolute Gasteiger partial charge is 0.263 e. The van der Waals surface area contributed by atoms with E-state index in [1.54, 1.807) is 0 Å². The maximum Gasteiger partial charge on any atom is 0.312 e. The molecule has 2 atom stereocenters. The molecule has 0 aliphatic carbocycles. The second-order valence-electron chi connectivity index (χ2n) is 7.79. The predicted molar refractivity (Wildman–Crippen MR) is 138 cm³/mol. The Morgan fingerprint density at radius 2 is 1.91 bits per heavy atom. The molecule has 1 aliphatic heterocycles. The van der Waals surface area contributed by atoms with Gasteiger partial charge in [0, 0.05) is 15.9 Å². The Labute approximate surface area is 205 Å². The fourth-order valence-electron chi connectivity index (χ4n) is 3.66. The number of aryl methyl sites for hydroxylation is 1. The van der Waals surface area contributed by atoms with Crippen molar-refractivity contribution in [1.82, 2.24) is 5.43 Å². The second kappa shape index (κ2) is 13.0. The number of carbonyl (C=O) groups is 1. The van der Waals surface area contributed by atoms with Gasteiger partial charge in [0.05, 0.1) is 25.3 Å². The number of unbranched alkanes of at least 4 members (excludes halogenated alkanes) is 2. The summed E-state index contributed by atoms with van der Waals surface area (Å²) in [5.74, 6) is -0.111. The molecule has 5 nitrogen and oxygen atoms in total. The van der Waals surface area contributed by atoms with Crippen molar-refractivity contribution >= 4 is 44.8 Å². The van der Waals surface area contributed by atoms with Gasteiger partial charge in [0.15, 0.2) is 0 Å². The molecule has 1 aliphatic rings. The maximum atomic E-state index is 12.9. The van der Waals surface area contributed by atoms with E-state index in [2.05, 4.69) is 40.4 Å². The fraction of sp³-hybridized carbons (Fsp3) is 0.440. The summed E-state index contributed by atoms with van der Waals surface area (Å²) in [6.45, 7) is 9.10. The van der Waals surface area contributed by atoms with Gasteiger partial charge in [-0.15, -0.1) is 0 Å². The molecular formula is C25H35BrClN4O+. The van der Waals surface area contributed by atoms with Crippen LogP contribution in [0.3, 0.4) is 0 Å². The van der Waals surface area contributed by atoms with Gasteiger partial charge in [0.25, 0.3) is 0 Å². The largest absolute Gasteiger partial charge is 0.312 e. The highest BCUT2D eigenvalue weighted by Gasteiger charge is 2.34. The van der Waals surface area contributed by atoms with Gasteiger partial charge in [-0.2, -0.15) is 10.5 Å². The molecular weight excluding hydrogens is 488 g/mol. The quantitative estimate of drug-likeness (QED) is 0.356. The second-order valence-corrected chi connectivity index (χ2v) is 9.14. The van der Waals surface area contributed by atoms with E-state index in [9.17, 15) is 4.79 Å². The Morgan fingerprint density at radius 3 is 2.53 bits per heavy atom. The molecule has 0 fully saturated rings. The lowest BCUT2D eigenvalue weighted by molar-refractivity contribution is -0.916. The van der Waals surface area contributed by atoms with Crippen LogP contribution < -0.4 is 15.4 Å². The molecule has 2 unspecified atom stereocenters. The number of carbonyl (C=O) groups excluding carboxylic acids is 1. The molecule has 2 N–H and O–H groups in total. The molecule has 174 valence electrons. The number of amides is 1. The van der Waals surface area contributed by atoms with Crippen LogP contribution >= 0.6 is 27.5 Å². The van der Waals surface area contributed by atoms with E-state index in [0.29, 0.717) is 17.2 Å². The molecule has 0 saturated carbocycles. The van der Waals surface area contributed by atoms with E-state index in [4.69, 9.17) is 16.7 Å². The third-order valence-electron chi connectivity index (χ3n) is 5.32. The van der Waals surface area contributed by atoms with Crippen LogP contribution in [0.2, 0.25) is 5.02 Å². The first-order chi connectivity index (χ1) is 15.4. The van der Waals surface area contributed by atoms with Crippen molar-refractivity contribution in [2.45, 2.75) is 59.4 Å². The monoisotopic (exact) mass is 521 g/mol. The van der Waals surface area contributed by atoms with Crippen molar-refractivity contribution in [3.63, 3.8) is 0 Å². The van der Waals surface area contributed by atoms with Gasteiger partial charge in [-0.1, -0.05) is 66.9 Å². The van der Waals surface area contributed by atoms with Crippen LogP contribution in [0.5, 0.6) is 0 Å². The molecule has 3 rings (SSSR count). The Balaban J connectivity index is 0.00000176. The van der Waals surface area contributed by atoms with Crippen molar-refractivity contribution in [3.8, 4) is 0 Å². The number of nitrogens with one attached hydrogen (secondary N) is 2. The van der Waals surface area contributed by atoms with E-state index in [-0.39, 0.29) is 11.9 Å². The van der Waals surface area contributed by atoms with Crippen LogP contribution in [0.25, 0.3) is 0 Å². The molecule has 0 radical (unpaired) electrons. The summed E-state index contributed by atoms with van der Waals surface area (Å²) in [7, 11) is 1.98. The van der Waals surface area contributed by atoms with Crippen molar-refractivity contribution in [2.24, 2.45) is 5.10 Å². The van der Waals surface area contributed by atoms with Crippen LogP contribution in [-0.2, 0) is 4.79 Å². The number of benzene rings is 2. The van der Waals surface area contributed by atoms with Crippen LogP contribution in [0.1, 0.15) is 63.6 Å². The number of anilines is 1. The van der Waals surface area contributed by atoms with Gasteiger partial charge < -0.3 is 0 Å². The third-order valence-corrected chi connectivity index (χ3v) is 6.08. The molecule has 2 aromatic carbocycles. The minimum atomic E-state index is -0.111. The summed E-state index contributed by atoms with van der Waals surface area (Å²) < 4.78 is 1.02. The molecule has 0 spiro atoms. The zero-order valence-corrected chi connectivity index (χ0v) is 22.1. The van der Waals surface area contributed by atoms with Gasteiger partial charge >= 0.3 is 5.91 Å². The number of halogens is 2. The van der Waals surface area contributed by atoms with Crippen LogP contribution in [-0.4, -0.2) is 25.2 Å². The average Bonchev–Trinajstić information content (AvgIpc) is 3.21. The van der Waals surface area contributed by atoms with Crippen molar-refractivity contribution in [1.29, 1.82) is 0 Å². The SMILES string of the molecule is CC.CCCCC[NH+](C)NC(=O)C1=NN(c2ccc(Cl)cc2C)C(c2ccc(Br)cc2)C1. The molecule has 1 amide bonds. The van der Waals surface area contributed by atoms with Gasteiger partial charge in [-0.05, 0) is 61.2 Å². The van der Waals surface area contributed by atoms with Crippen LogP contribution in [0, 0.1) is 6.92 Å². The highest BCUT2D eigenvalue weighted by molar-refractivity contribution is 9.10. The normalized spacial score (nSPS) is 16.2.